The van der Waals surface area contributed by atoms with Gasteiger partial charge in [-0.25, -0.2) is 0 Å². The minimum atomic E-state index is 0.730. The Bertz CT molecular complexity index is 728. The third kappa shape index (κ3) is 1.64. The van der Waals surface area contributed by atoms with E-state index < -0.39 is 0 Å². The van der Waals surface area contributed by atoms with Crippen LogP contribution in [0.2, 0.25) is 0 Å². The molecule has 0 spiro atoms. The summed E-state index contributed by atoms with van der Waals surface area (Å²) in [6.07, 6.45) is 0. The van der Waals surface area contributed by atoms with E-state index >= 15 is 0 Å². The molecule has 90 valence electrons. The van der Waals surface area contributed by atoms with Gasteiger partial charge in [-0.2, -0.15) is 0 Å². The van der Waals surface area contributed by atoms with E-state index in [9.17, 15) is 0 Å². The standard InChI is InChI=1S/C15H14N2O/c1-9-6-10(2)15-13(7-9)14(17-18-15)11-4-3-5-12(16)8-11/h3-8H,16H2,1-2H3. The van der Waals surface area contributed by atoms with E-state index in [1.807, 2.05) is 31.2 Å². The van der Waals surface area contributed by atoms with Crippen molar-refractivity contribution in [3.63, 3.8) is 0 Å². The molecule has 0 atom stereocenters. The van der Waals surface area contributed by atoms with Gasteiger partial charge in [0.25, 0.3) is 0 Å². The molecule has 0 saturated heterocycles. The maximum Gasteiger partial charge on any atom is 0.170 e. The van der Waals surface area contributed by atoms with Gasteiger partial charge >= 0.3 is 0 Å². The molecule has 0 aliphatic heterocycles. The number of nitrogens with two attached hydrogens (primary N) is 1. The monoisotopic (exact) mass is 238 g/mol. The van der Waals surface area contributed by atoms with Crippen LogP contribution >= 0.6 is 0 Å². The van der Waals surface area contributed by atoms with Crippen LogP contribution in [0.1, 0.15) is 11.1 Å². The second kappa shape index (κ2) is 3.88. The van der Waals surface area contributed by atoms with Gasteiger partial charge in [-0.1, -0.05) is 23.4 Å². The van der Waals surface area contributed by atoms with Crippen molar-refractivity contribution in [2.75, 3.05) is 5.73 Å². The van der Waals surface area contributed by atoms with Crippen molar-refractivity contribution in [2.24, 2.45) is 0 Å². The third-order valence-corrected chi connectivity index (χ3v) is 3.06. The zero-order valence-corrected chi connectivity index (χ0v) is 10.4. The second-order valence-corrected chi connectivity index (χ2v) is 4.62. The van der Waals surface area contributed by atoms with Gasteiger partial charge < -0.3 is 10.3 Å². The lowest BCUT2D eigenvalue weighted by molar-refractivity contribution is 0.458. The Balaban J connectivity index is 2.30. The number of hydrogen-bond acceptors (Lipinski definition) is 3. The molecule has 0 radical (unpaired) electrons. The normalized spacial score (nSPS) is 11.0. The van der Waals surface area contributed by atoms with E-state index in [0.717, 1.165) is 33.5 Å². The molecule has 1 heterocycles. The Morgan fingerprint density at radius 1 is 1.11 bits per heavy atom. The fraction of sp³-hybridized carbons (Fsp3) is 0.133. The zero-order chi connectivity index (χ0) is 12.7. The Labute approximate surface area is 105 Å². The Kier molecular flexibility index (Phi) is 2.33. The van der Waals surface area contributed by atoms with Crippen molar-refractivity contribution in [3.05, 3.63) is 47.5 Å². The van der Waals surface area contributed by atoms with Crippen molar-refractivity contribution in [2.45, 2.75) is 13.8 Å². The van der Waals surface area contributed by atoms with Gasteiger partial charge in [-0.15, -0.1) is 0 Å². The lowest BCUT2D eigenvalue weighted by Crippen LogP contribution is -1.86. The molecular weight excluding hydrogens is 224 g/mol. The number of anilines is 1. The van der Waals surface area contributed by atoms with Crippen LogP contribution in [0.3, 0.4) is 0 Å². The van der Waals surface area contributed by atoms with Gasteiger partial charge in [0.2, 0.25) is 0 Å². The number of nitrogens with zero attached hydrogens (tertiary/aromatic N) is 1. The molecule has 3 heteroatoms. The van der Waals surface area contributed by atoms with Crippen LogP contribution in [0.5, 0.6) is 0 Å². The number of rotatable bonds is 1. The van der Waals surface area contributed by atoms with Crippen LogP contribution in [0.25, 0.3) is 22.2 Å². The molecule has 1 aromatic heterocycles. The van der Waals surface area contributed by atoms with E-state index in [0.29, 0.717) is 0 Å². The topological polar surface area (TPSA) is 52.0 Å². The Hall–Kier alpha value is -2.29. The van der Waals surface area contributed by atoms with Crippen molar-refractivity contribution in [3.8, 4) is 11.3 Å². The molecule has 0 fully saturated rings. The number of hydrogen-bond donors (Lipinski definition) is 1. The van der Waals surface area contributed by atoms with Crippen LogP contribution in [0, 0.1) is 13.8 Å². The van der Waals surface area contributed by atoms with Crippen LogP contribution in [-0.4, -0.2) is 5.16 Å². The van der Waals surface area contributed by atoms with Gasteiger partial charge in [0.05, 0.1) is 5.39 Å². The van der Waals surface area contributed by atoms with Crippen LogP contribution in [0.15, 0.2) is 40.9 Å². The molecule has 3 rings (SSSR count). The molecule has 2 aromatic carbocycles. The van der Waals surface area contributed by atoms with Crippen molar-refractivity contribution >= 4 is 16.7 Å². The minimum Gasteiger partial charge on any atom is -0.399 e. The molecule has 0 aliphatic rings. The van der Waals surface area contributed by atoms with Crippen LogP contribution in [-0.2, 0) is 0 Å². The predicted octanol–water partition coefficient (Wildman–Crippen LogP) is 3.69. The predicted molar refractivity (Wildman–Crippen MR) is 73.3 cm³/mol. The SMILES string of the molecule is Cc1cc(C)c2onc(-c3cccc(N)c3)c2c1. The number of aryl methyl sites for hydroxylation is 2. The van der Waals surface area contributed by atoms with Gasteiger partial charge in [-0.05, 0) is 43.2 Å². The molecule has 18 heavy (non-hydrogen) atoms. The van der Waals surface area contributed by atoms with Crippen LogP contribution < -0.4 is 5.73 Å². The summed E-state index contributed by atoms with van der Waals surface area (Å²) in [6.45, 7) is 4.10. The van der Waals surface area contributed by atoms with E-state index in [-0.39, 0.29) is 0 Å². The quantitative estimate of drug-likeness (QED) is 0.658. The van der Waals surface area contributed by atoms with Gasteiger partial charge in [0, 0.05) is 11.3 Å². The summed E-state index contributed by atoms with van der Waals surface area (Å²) in [5, 5.41) is 5.22. The highest BCUT2D eigenvalue weighted by Crippen LogP contribution is 2.31. The van der Waals surface area contributed by atoms with Crippen molar-refractivity contribution in [1.82, 2.24) is 5.16 Å². The summed E-state index contributed by atoms with van der Waals surface area (Å²) in [7, 11) is 0. The molecule has 0 aliphatic carbocycles. The summed E-state index contributed by atoms with van der Waals surface area (Å²) in [5.41, 5.74) is 11.5. The van der Waals surface area contributed by atoms with Gasteiger partial charge in [-0.3, -0.25) is 0 Å². The molecule has 3 nitrogen and oxygen atoms in total. The Morgan fingerprint density at radius 2 is 1.94 bits per heavy atom. The van der Waals surface area contributed by atoms with E-state index in [1.165, 1.54) is 5.56 Å². The molecule has 0 unspecified atom stereocenters. The number of benzene rings is 2. The smallest absolute Gasteiger partial charge is 0.170 e. The fourth-order valence-corrected chi connectivity index (χ4v) is 2.29. The van der Waals surface area contributed by atoms with E-state index in [4.69, 9.17) is 10.3 Å². The van der Waals surface area contributed by atoms with Gasteiger partial charge in [0.1, 0.15) is 5.69 Å². The summed E-state index contributed by atoms with van der Waals surface area (Å²) >= 11 is 0. The summed E-state index contributed by atoms with van der Waals surface area (Å²) in [6, 6.07) is 11.9. The molecule has 0 amide bonds. The first kappa shape index (κ1) is 10.8. The zero-order valence-electron chi connectivity index (χ0n) is 10.4. The third-order valence-electron chi connectivity index (χ3n) is 3.06. The van der Waals surface area contributed by atoms with Gasteiger partial charge in [0.15, 0.2) is 5.58 Å². The first-order valence-corrected chi connectivity index (χ1v) is 5.88. The summed E-state index contributed by atoms with van der Waals surface area (Å²) < 4.78 is 5.44. The fourth-order valence-electron chi connectivity index (χ4n) is 2.29. The number of fused-ring (bicyclic) bond motifs is 1. The highest BCUT2D eigenvalue weighted by Gasteiger charge is 2.12. The summed E-state index contributed by atoms with van der Waals surface area (Å²) in [5.74, 6) is 0. The van der Waals surface area contributed by atoms with Crippen molar-refractivity contribution < 1.29 is 4.52 Å². The number of aromatic nitrogens is 1. The highest BCUT2D eigenvalue weighted by atomic mass is 16.5. The first-order chi connectivity index (χ1) is 8.65. The molecule has 0 bridgehead atoms. The van der Waals surface area contributed by atoms with Crippen molar-refractivity contribution in [1.29, 1.82) is 0 Å². The molecule has 3 aromatic rings. The molecule has 2 N–H and O–H groups in total. The Morgan fingerprint density at radius 3 is 2.72 bits per heavy atom. The largest absolute Gasteiger partial charge is 0.399 e. The minimum absolute atomic E-state index is 0.730. The first-order valence-electron chi connectivity index (χ1n) is 5.88. The molecular formula is C15H14N2O. The highest BCUT2D eigenvalue weighted by molar-refractivity contribution is 5.94. The van der Waals surface area contributed by atoms with Crippen LogP contribution in [0.4, 0.5) is 5.69 Å². The lowest BCUT2D eigenvalue weighted by Gasteiger charge is -2.00. The molecule has 0 saturated carbocycles. The average molecular weight is 238 g/mol. The lowest BCUT2D eigenvalue weighted by atomic mass is 10.0. The average Bonchev–Trinajstić information content (AvgIpc) is 2.72. The van der Waals surface area contributed by atoms with E-state index in [2.05, 4.69) is 24.2 Å². The maximum absolute atomic E-state index is 5.81. The van der Waals surface area contributed by atoms with E-state index in [1.54, 1.807) is 0 Å². The second-order valence-electron chi connectivity index (χ2n) is 4.62. The maximum atomic E-state index is 5.81. The summed E-state index contributed by atoms with van der Waals surface area (Å²) in [4.78, 5) is 0. The number of nitrogen functional groups attached to an aromatic ring is 1.